The van der Waals surface area contributed by atoms with Crippen LogP contribution >= 0.6 is 35.0 Å². The topological polar surface area (TPSA) is 112 Å². The highest BCUT2D eigenvalue weighted by Crippen LogP contribution is 2.32. The molecule has 0 saturated carbocycles. The van der Waals surface area contributed by atoms with E-state index in [0.29, 0.717) is 26.8 Å². The molecule has 1 heterocycles. The van der Waals surface area contributed by atoms with Gasteiger partial charge in [0.05, 0.1) is 15.7 Å². The second kappa shape index (κ2) is 9.99. The summed E-state index contributed by atoms with van der Waals surface area (Å²) >= 11 is 13.3. The molecule has 1 unspecified atom stereocenters. The van der Waals surface area contributed by atoms with Gasteiger partial charge in [-0.2, -0.15) is 0 Å². The minimum atomic E-state index is -0.550. The molecule has 0 saturated heterocycles. The maximum Gasteiger partial charge on any atom is 0.292 e. The summed E-state index contributed by atoms with van der Waals surface area (Å²) in [6.45, 7) is 1.79. The summed E-state index contributed by atoms with van der Waals surface area (Å²) in [6.07, 6.45) is -0.483. The number of anilines is 1. The van der Waals surface area contributed by atoms with E-state index in [1.165, 1.54) is 18.2 Å². The minimum absolute atomic E-state index is 0.00657. The fraction of sp³-hybridized carbons (Fsp3) is 0.211. The summed E-state index contributed by atoms with van der Waals surface area (Å²) < 4.78 is 7.55. The normalized spacial score (nSPS) is 11.7. The van der Waals surface area contributed by atoms with Crippen molar-refractivity contribution in [3.63, 3.8) is 0 Å². The summed E-state index contributed by atoms with van der Waals surface area (Å²) in [4.78, 5) is 22.8. The van der Waals surface area contributed by atoms with Crippen LogP contribution in [0.15, 0.2) is 47.6 Å². The molecule has 0 aliphatic carbocycles. The van der Waals surface area contributed by atoms with Gasteiger partial charge in [0.2, 0.25) is 5.91 Å². The Hall–Kier alpha value is -2.82. The van der Waals surface area contributed by atoms with Gasteiger partial charge < -0.3 is 14.6 Å². The first kappa shape index (κ1) is 22.9. The van der Waals surface area contributed by atoms with E-state index in [9.17, 15) is 14.9 Å². The predicted octanol–water partition coefficient (Wildman–Crippen LogP) is 4.90. The zero-order chi connectivity index (χ0) is 22.5. The van der Waals surface area contributed by atoms with Crippen molar-refractivity contribution >= 4 is 52.2 Å². The van der Waals surface area contributed by atoms with Crippen molar-refractivity contribution in [1.82, 2.24) is 14.8 Å². The van der Waals surface area contributed by atoms with Gasteiger partial charge in [0, 0.05) is 24.2 Å². The van der Waals surface area contributed by atoms with Crippen LogP contribution in [-0.4, -0.2) is 31.3 Å². The van der Waals surface area contributed by atoms with Gasteiger partial charge in [-0.25, -0.2) is 0 Å². The lowest BCUT2D eigenvalue weighted by molar-refractivity contribution is -0.383. The average Bonchev–Trinajstić information content (AvgIpc) is 3.10. The van der Waals surface area contributed by atoms with Gasteiger partial charge >= 0.3 is 0 Å². The molecule has 12 heteroatoms. The molecule has 31 heavy (non-hydrogen) atoms. The van der Waals surface area contributed by atoms with E-state index in [-0.39, 0.29) is 17.1 Å². The highest BCUT2D eigenvalue weighted by atomic mass is 35.5. The first-order chi connectivity index (χ1) is 14.8. The monoisotopic (exact) mass is 481 g/mol. The van der Waals surface area contributed by atoms with Crippen LogP contribution in [0.2, 0.25) is 10.0 Å². The molecule has 2 aromatic carbocycles. The van der Waals surface area contributed by atoms with E-state index < -0.39 is 16.9 Å². The molecule has 0 bridgehead atoms. The number of hydrogen-bond acceptors (Lipinski definition) is 7. The molecular weight excluding hydrogens is 465 g/mol. The Kier molecular flexibility index (Phi) is 7.37. The largest absolute Gasteiger partial charge is 0.481 e. The SMILES string of the molecule is CC(Oc1cc(Cl)ccc1Cl)c1nnc(SCC(=O)Nc2ccccc2[N+](=O)[O-])n1C. The molecule has 3 aromatic rings. The molecule has 9 nitrogen and oxygen atoms in total. The number of benzene rings is 2. The predicted molar refractivity (Wildman–Crippen MR) is 119 cm³/mol. The smallest absolute Gasteiger partial charge is 0.292 e. The Labute approximate surface area is 191 Å². The van der Waals surface area contributed by atoms with Crippen LogP contribution in [0.4, 0.5) is 11.4 Å². The highest BCUT2D eigenvalue weighted by Gasteiger charge is 2.20. The van der Waals surface area contributed by atoms with E-state index in [1.54, 1.807) is 42.8 Å². The van der Waals surface area contributed by atoms with Gasteiger partial charge in [-0.3, -0.25) is 14.9 Å². The third-order valence-corrected chi connectivity index (χ3v) is 5.70. The zero-order valence-corrected chi connectivity index (χ0v) is 18.7. The van der Waals surface area contributed by atoms with Crippen molar-refractivity contribution in [3.05, 3.63) is 68.4 Å². The van der Waals surface area contributed by atoms with E-state index in [2.05, 4.69) is 15.5 Å². The number of carbonyl (C=O) groups is 1. The number of nitrogens with one attached hydrogen (secondary N) is 1. The fourth-order valence-electron chi connectivity index (χ4n) is 2.67. The van der Waals surface area contributed by atoms with Gasteiger partial charge in [-0.1, -0.05) is 47.1 Å². The van der Waals surface area contributed by atoms with Crippen LogP contribution in [-0.2, 0) is 11.8 Å². The van der Waals surface area contributed by atoms with E-state index in [1.807, 2.05) is 0 Å². The number of hydrogen-bond donors (Lipinski definition) is 1. The first-order valence-electron chi connectivity index (χ1n) is 8.93. The molecule has 0 spiro atoms. The number of carbonyl (C=O) groups excluding carboxylic acids is 1. The summed E-state index contributed by atoms with van der Waals surface area (Å²) in [5.41, 5.74) is -0.0374. The van der Waals surface area contributed by atoms with Crippen molar-refractivity contribution in [2.75, 3.05) is 11.1 Å². The van der Waals surface area contributed by atoms with Gasteiger partial charge in [0.25, 0.3) is 5.69 Å². The van der Waals surface area contributed by atoms with Crippen molar-refractivity contribution in [1.29, 1.82) is 0 Å². The molecule has 162 valence electrons. The number of ether oxygens (including phenoxy) is 1. The van der Waals surface area contributed by atoms with Crippen LogP contribution in [0, 0.1) is 10.1 Å². The Bertz CT molecular complexity index is 1120. The van der Waals surface area contributed by atoms with Gasteiger partial charge in [0.1, 0.15) is 11.4 Å². The number of nitro groups is 1. The highest BCUT2D eigenvalue weighted by molar-refractivity contribution is 7.99. The quantitative estimate of drug-likeness (QED) is 0.276. The fourth-order valence-corrected chi connectivity index (χ4v) is 3.71. The Morgan fingerprint density at radius 3 is 2.77 bits per heavy atom. The summed E-state index contributed by atoms with van der Waals surface area (Å²) in [6, 6.07) is 10.8. The molecular formula is C19H17Cl2N5O4S. The van der Waals surface area contributed by atoms with Crippen molar-refractivity contribution in [2.45, 2.75) is 18.2 Å². The molecule has 0 aliphatic rings. The number of halogens is 2. The number of thioether (sulfide) groups is 1. The Morgan fingerprint density at radius 2 is 2.03 bits per heavy atom. The lowest BCUT2D eigenvalue weighted by Crippen LogP contribution is -2.15. The number of nitro benzene ring substituents is 1. The standard InChI is InChI=1S/C19H17Cl2N5O4S/c1-11(30-16-9-12(20)7-8-13(16)21)18-23-24-19(25(18)2)31-10-17(27)22-14-5-3-4-6-15(14)26(28)29/h3-9,11H,10H2,1-2H3,(H,22,27). The molecule has 0 aliphatic heterocycles. The minimum Gasteiger partial charge on any atom is -0.481 e. The maximum absolute atomic E-state index is 12.3. The first-order valence-corrected chi connectivity index (χ1v) is 10.7. The van der Waals surface area contributed by atoms with Gasteiger partial charge in [-0.05, 0) is 25.1 Å². The zero-order valence-electron chi connectivity index (χ0n) is 16.4. The molecule has 1 atom stereocenters. The maximum atomic E-state index is 12.3. The second-order valence-corrected chi connectivity index (χ2v) is 8.13. The van der Waals surface area contributed by atoms with Gasteiger partial charge in [0.15, 0.2) is 17.1 Å². The third kappa shape index (κ3) is 5.66. The molecule has 1 amide bonds. The number of nitrogens with zero attached hydrogens (tertiary/aromatic N) is 4. The van der Waals surface area contributed by atoms with Crippen molar-refractivity contribution in [2.24, 2.45) is 7.05 Å². The third-order valence-electron chi connectivity index (χ3n) is 4.14. The number of rotatable bonds is 8. The van der Waals surface area contributed by atoms with Crippen molar-refractivity contribution in [3.8, 4) is 5.75 Å². The van der Waals surface area contributed by atoms with E-state index in [4.69, 9.17) is 27.9 Å². The average molecular weight is 482 g/mol. The summed E-state index contributed by atoms with van der Waals surface area (Å²) in [5.74, 6) is 0.534. The van der Waals surface area contributed by atoms with Crippen LogP contribution in [0.25, 0.3) is 0 Å². The molecule has 1 aromatic heterocycles. The van der Waals surface area contributed by atoms with Crippen molar-refractivity contribution < 1.29 is 14.5 Å². The van der Waals surface area contributed by atoms with Gasteiger partial charge in [-0.15, -0.1) is 10.2 Å². The molecule has 3 rings (SSSR count). The van der Waals surface area contributed by atoms with Crippen LogP contribution in [0.5, 0.6) is 5.75 Å². The molecule has 0 radical (unpaired) electrons. The molecule has 1 N–H and O–H groups in total. The van der Waals surface area contributed by atoms with Crippen LogP contribution in [0.3, 0.4) is 0 Å². The Morgan fingerprint density at radius 1 is 1.29 bits per heavy atom. The number of amides is 1. The van der Waals surface area contributed by atoms with E-state index in [0.717, 1.165) is 11.8 Å². The number of para-hydroxylation sites is 2. The lowest BCUT2D eigenvalue weighted by atomic mass is 10.2. The molecule has 0 fully saturated rings. The Balaban J connectivity index is 1.63. The van der Waals surface area contributed by atoms with Crippen LogP contribution in [0.1, 0.15) is 18.9 Å². The lowest BCUT2D eigenvalue weighted by Gasteiger charge is -2.15. The number of aromatic nitrogens is 3. The van der Waals surface area contributed by atoms with E-state index >= 15 is 0 Å². The summed E-state index contributed by atoms with van der Waals surface area (Å²) in [7, 11) is 1.75. The van der Waals surface area contributed by atoms with Crippen LogP contribution < -0.4 is 10.1 Å². The second-order valence-electron chi connectivity index (χ2n) is 6.35. The summed E-state index contributed by atoms with van der Waals surface area (Å²) in [5, 5.41) is 23.2.